The minimum atomic E-state index is -0.0653. The fourth-order valence-corrected chi connectivity index (χ4v) is 5.76. The third kappa shape index (κ3) is 10.4. The lowest BCUT2D eigenvalue weighted by molar-refractivity contribution is -0.655. The molecule has 1 amide bonds. The van der Waals surface area contributed by atoms with Crippen LogP contribution in [0.2, 0.25) is 0 Å². The van der Waals surface area contributed by atoms with Crippen LogP contribution < -0.4 is 14.6 Å². The Morgan fingerprint density at radius 2 is 1.62 bits per heavy atom. The van der Waals surface area contributed by atoms with Crippen molar-refractivity contribution in [3.63, 3.8) is 0 Å². The van der Waals surface area contributed by atoms with E-state index in [0.29, 0.717) is 6.42 Å². The van der Waals surface area contributed by atoms with Crippen molar-refractivity contribution in [3.05, 3.63) is 65.2 Å². The van der Waals surface area contributed by atoms with Gasteiger partial charge in [0.05, 0.1) is 24.0 Å². The molecule has 0 aliphatic heterocycles. The van der Waals surface area contributed by atoms with Crippen LogP contribution in [0.25, 0.3) is 10.6 Å². The quantitative estimate of drug-likeness (QED) is 0.143. The second-order valence-electron chi connectivity index (χ2n) is 11.7. The van der Waals surface area contributed by atoms with Gasteiger partial charge >= 0.3 is 0 Å². The molecule has 0 atom stereocenters. The number of hydrogen-bond donors (Lipinski definition) is 1. The summed E-state index contributed by atoms with van der Waals surface area (Å²) in [6, 6.07) is 14.3. The summed E-state index contributed by atoms with van der Waals surface area (Å²) in [4.78, 5) is 12.9. The van der Waals surface area contributed by atoms with Crippen LogP contribution in [0.4, 0.5) is 5.69 Å². The molecular formula is C34H49N2O2S+. The van der Waals surface area contributed by atoms with Crippen LogP contribution in [-0.4, -0.2) is 12.5 Å². The number of anilines is 1. The molecule has 212 valence electrons. The van der Waals surface area contributed by atoms with Gasteiger partial charge in [-0.1, -0.05) is 115 Å². The molecule has 1 N–H and O–H groups in total. The van der Waals surface area contributed by atoms with Gasteiger partial charge in [-0.3, -0.25) is 4.79 Å². The minimum Gasteiger partial charge on any atom is -0.493 e. The molecule has 2 aromatic carbocycles. The molecule has 39 heavy (non-hydrogen) atoms. The zero-order valence-electron chi connectivity index (χ0n) is 24.9. The molecule has 0 aliphatic rings. The molecular weight excluding hydrogens is 500 g/mol. The van der Waals surface area contributed by atoms with Gasteiger partial charge in [-0.15, -0.1) is 0 Å². The van der Waals surface area contributed by atoms with E-state index in [0.717, 1.165) is 46.2 Å². The summed E-state index contributed by atoms with van der Waals surface area (Å²) in [7, 11) is 2.04. The van der Waals surface area contributed by atoms with Gasteiger partial charge in [-0.2, -0.15) is 4.57 Å². The highest BCUT2D eigenvalue weighted by molar-refractivity contribution is 7.12. The fraction of sp³-hybridized carbons (Fsp3) is 0.529. The monoisotopic (exact) mass is 549 g/mol. The predicted octanol–water partition coefficient (Wildman–Crippen LogP) is 9.02. The maximum absolute atomic E-state index is 12.9. The van der Waals surface area contributed by atoms with Crippen LogP contribution in [-0.2, 0) is 23.7 Å². The zero-order valence-corrected chi connectivity index (χ0v) is 25.7. The Morgan fingerprint density at radius 1 is 0.923 bits per heavy atom. The number of thiazole rings is 1. The highest BCUT2D eigenvalue weighted by Gasteiger charge is 2.20. The first kappa shape index (κ1) is 30.9. The summed E-state index contributed by atoms with van der Waals surface area (Å²) in [5, 5.41) is 6.31. The molecule has 4 nitrogen and oxygen atoms in total. The van der Waals surface area contributed by atoms with Gasteiger partial charge < -0.3 is 10.1 Å². The number of nitrogens with zero attached hydrogens (tertiary/aromatic N) is 1. The number of nitrogens with one attached hydrogen (secondary N) is 1. The third-order valence-corrected chi connectivity index (χ3v) is 8.15. The number of aryl methyl sites for hydroxylation is 1. The van der Waals surface area contributed by atoms with E-state index in [-0.39, 0.29) is 11.3 Å². The van der Waals surface area contributed by atoms with Gasteiger partial charge in [-0.25, -0.2) is 0 Å². The average Bonchev–Trinajstić information content (AvgIpc) is 3.33. The van der Waals surface area contributed by atoms with Crippen molar-refractivity contribution in [3.8, 4) is 16.3 Å². The van der Waals surface area contributed by atoms with Crippen molar-refractivity contribution in [1.29, 1.82) is 0 Å². The predicted molar refractivity (Wildman–Crippen MR) is 166 cm³/mol. The van der Waals surface area contributed by atoms with E-state index < -0.39 is 0 Å². The maximum atomic E-state index is 12.9. The summed E-state index contributed by atoms with van der Waals surface area (Å²) >= 11 is 1.69. The number of ether oxygens (including phenoxy) is 1. The Morgan fingerprint density at radius 3 is 2.26 bits per heavy atom. The van der Waals surface area contributed by atoms with Gasteiger partial charge in [0.25, 0.3) is 5.01 Å². The van der Waals surface area contributed by atoms with Gasteiger partial charge in [0.2, 0.25) is 5.91 Å². The second-order valence-corrected chi connectivity index (χ2v) is 12.6. The SMILES string of the molecule is CCCCCCCCCCCCOc1ccc(CC(=O)Nc2cccc(-c3scc[n+]3C)c2)cc1C(C)(C)C. The van der Waals surface area contributed by atoms with Gasteiger partial charge in [0.15, 0.2) is 6.20 Å². The van der Waals surface area contributed by atoms with Crippen LogP contribution in [0.3, 0.4) is 0 Å². The number of unbranched alkanes of at least 4 members (excludes halogenated alkanes) is 9. The summed E-state index contributed by atoms with van der Waals surface area (Å²) in [6.07, 6.45) is 15.6. The first-order chi connectivity index (χ1) is 18.8. The number of amides is 1. The highest BCUT2D eigenvalue weighted by atomic mass is 32.1. The van der Waals surface area contributed by atoms with Crippen molar-refractivity contribution < 1.29 is 14.1 Å². The minimum absolute atomic E-state index is 0.0124. The molecule has 0 fully saturated rings. The summed E-state index contributed by atoms with van der Waals surface area (Å²) < 4.78 is 8.34. The topological polar surface area (TPSA) is 42.2 Å². The van der Waals surface area contributed by atoms with E-state index in [2.05, 4.69) is 61.2 Å². The van der Waals surface area contributed by atoms with E-state index in [1.807, 2.05) is 37.5 Å². The largest absolute Gasteiger partial charge is 0.493 e. The molecule has 3 rings (SSSR count). The van der Waals surface area contributed by atoms with E-state index in [9.17, 15) is 4.79 Å². The lowest BCUT2D eigenvalue weighted by Gasteiger charge is -2.24. The number of rotatable bonds is 16. The second kappa shape index (κ2) is 15.8. The van der Waals surface area contributed by atoms with Crippen LogP contribution in [0.15, 0.2) is 54.0 Å². The van der Waals surface area contributed by atoms with Gasteiger partial charge in [0, 0.05) is 5.69 Å². The number of benzene rings is 2. The molecule has 0 radical (unpaired) electrons. The third-order valence-electron chi connectivity index (χ3n) is 7.15. The van der Waals surface area contributed by atoms with Crippen LogP contribution in [0.1, 0.15) is 103 Å². The van der Waals surface area contributed by atoms with Crippen LogP contribution in [0.5, 0.6) is 5.75 Å². The zero-order chi connectivity index (χ0) is 28.1. The Bertz CT molecular complexity index is 1160. The molecule has 0 bridgehead atoms. The van der Waals surface area contributed by atoms with Crippen LogP contribution in [0, 0.1) is 0 Å². The summed E-state index contributed by atoms with van der Waals surface area (Å²) in [6.45, 7) is 9.63. The average molecular weight is 550 g/mol. The first-order valence-corrected chi connectivity index (χ1v) is 15.8. The summed E-state index contributed by atoms with van der Waals surface area (Å²) in [5.41, 5.74) is 4.02. The smallest absolute Gasteiger partial charge is 0.268 e. The number of hydrogen-bond acceptors (Lipinski definition) is 3. The number of carbonyl (C=O) groups is 1. The molecule has 0 saturated heterocycles. The standard InChI is InChI=1S/C34H48N2O2S/c1-6-7-8-9-10-11-12-13-14-15-22-38-31-20-19-27(24-30(31)34(2,3)4)25-32(37)35-29-18-16-17-28(26-29)33-36(5)21-23-39-33/h16-21,23-24,26H,6-15,22,25H2,1-5H3/p+1. The molecule has 1 aromatic heterocycles. The normalized spacial score (nSPS) is 11.5. The number of aromatic nitrogens is 1. The first-order valence-electron chi connectivity index (χ1n) is 14.9. The molecule has 0 aliphatic carbocycles. The van der Waals surface area contributed by atoms with Crippen molar-refractivity contribution in [2.75, 3.05) is 11.9 Å². The van der Waals surface area contributed by atoms with Crippen molar-refractivity contribution in [2.45, 2.75) is 104 Å². The lowest BCUT2D eigenvalue weighted by atomic mass is 9.85. The maximum Gasteiger partial charge on any atom is 0.268 e. The molecule has 0 saturated carbocycles. The van der Waals surface area contributed by atoms with E-state index in [1.165, 1.54) is 57.8 Å². The van der Waals surface area contributed by atoms with Gasteiger partial charge in [-0.05, 0) is 47.2 Å². The van der Waals surface area contributed by atoms with E-state index in [1.54, 1.807) is 11.3 Å². The van der Waals surface area contributed by atoms with Crippen molar-refractivity contribution >= 4 is 22.9 Å². The lowest BCUT2D eigenvalue weighted by Crippen LogP contribution is -2.26. The Balaban J connectivity index is 1.49. The van der Waals surface area contributed by atoms with Gasteiger partial charge in [0.1, 0.15) is 12.8 Å². The fourth-order valence-electron chi connectivity index (χ4n) is 4.90. The van der Waals surface area contributed by atoms with Crippen molar-refractivity contribution in [1.82, 2.24) is 0 Å². The Labute approximate surface area is 240 Å². The molecule has 0 spiro atoms. The van der Waals surface area contributed by atoms with Crippen molar-refractivity contribution in [2.24, 2.45) is 7.05 Å². The molecule has 5 heteroatoms. The number of carbonyl (C=O) groups excluding carboxylic acids is 1. The van der Waals surface area contributed by atoms with Crippen LogP contribution >= 0.6 is 11.3 Å². The highest BCUT2D eigenvalue weighted by Crippen LogP contribution is 2.33. The molecule has 0 unspecified atom stereocenters. The van der Waals surface area contributed by atoms with E-state index >= 15 is 0 Å². The van der Waals surface area contributed by atoms with E-state index in [4.69, 9.17) is 4.74 Å². The molecule has 3 aromatic rings. The Hall–Kier alpha value is -2.66. The summed E-state index contributed by atoms with van der Waals surface area (Å²) in [5.74, 6) is 0.931. The molecule has 1 heterocycles. The Kier molecular flexibility index (Phi) is 12.5.